The Balaban J connectivity index is 2.84. The Morgan fingerprint density at radius 3 is 2.73 bits per heavy atom. The number of carbonyl (C=O) groups excluding carboxylic acids is 1. The molecule has 86 valence electrons. The van der Waals surface area contributed by atoms with Crippen molar-refractivity contribution >= 4 is 16.7 Å². The summed E-state index contributed by atoms with van der Waals surface area (Å²) in [4.78, 5) is 11.9. The predicted molar refractivity (Wildman–Crippen MR) is 66.3 cm³/mol. The molecule has 3 heteroatoms. The van der Waals surface area contributed by atoms with E-state index in [-0.39, 0.29) is 22.9 Å². The molecule has 0 heterocycles. The van der Waals surface area contributed by atoms with Gasteiger partial charge in [0.25, 0.3) is 0 Å². The Morgan fingerprint density at radius 2 is 2.27 bits per heavy atom. The molecule has 1 fully saturated rings. The minimum absolute atomic E-state index is 0.0413. The van der Waals surface area contributed by atoms with Gasteiger partial charge in [-0.05, 0) is 23.7 Å². The molecule has 1 saturated carbocycles. The van der Waals surface area contributed by atoms with Gasteiger partial charge < -0.3 is 4.74 Å². The number of ketones is 1. The van der Waals surface area contributed by atoms with Crippen molar-refractivity contribution in [2.45, 2.75) is 30.6 Å². The summed E-state index contributed by atoms with van der Waals surface area (Å²) >= 11 is 0. The minimum Gasteiger partial charge on any atom is -0.376 e. The molecule has 0 spiro atoms. The smallest absolute Gasteiger partial charge is 0.143 e. The van der Waals surface area contributed by atoms with Crippen LogP contribution in [0, 0.1) is 5.92 Å². The molecule has 0 amide bonds. The maximum Gasteiger partial charge on any atom is 0.143 e. The first kappa shape index (κ1) is 12.8. The predicted octanol–water partition coefficient (Wildman–Crippen LogP) is 1.80. The maximum absolute atomic E-state index is 11.9. The molecular weight excluding hydrogens is 208 g/mol. The van der Waals surface area contributed by atoms with Crippen LogP contribution < -0.4 is 0 Å². The SMILES string of the molecule is C=CC(OC)C1C(=O)CCCC1[S+](C)C. The number of methoxy groups -OCH3 is 1. The largest absolute Gasteiger partial charge is 0.376 e. The van der Waals surface area contributed by atoms with Gasteiger partial charge in [0.1, 0.15) is 11.0 Å². The van der Waals surface area contributed by atoms with Gasteiger partial charge in [0, 0.05) is 13.5 Å². The maximum atomic E-state index is 11.9. The molecule has 1 aliphatic carbocycles. The lowest BCUT2D eigenvalue weighted by Gasteiger charge is -2.31. The first-order valence-corrected chi connectivity index (χ1v) is 7.46. The van der Waals surface area contributed by atoms with Gasteiger partial charge in [0.05, 0.1) is 24.5 Å². The molecule has 3 atom stereocenters. The Labute approximate surface area is 95.4 Å². The van der Waals surface area contributed by atoms with E-state index in [0.717, 1.165) is 12.8 Å². The van der Waals surface area contributed by atoms with Crippen molar-refractivity contribution in [1.82, 2.24) is 0 Å². The van der Waals surface area contributed by atoms with Crippen molar-refractivity contribution in [3.63, 3.8) is 0 Å². The van der Waals surface area contributed by atoms with E-state index >= 15 is 0 Å². The lowest BCUT2D eigenvalue weighted by molar-refractivity contribution is -0.127. The van der Waals surface area contributed by atoms with Gasteiger partial charge in [0.15, 0.2) is 0 Å². The van der Waals surface area contributed by atoms with E-state index < -0.39 is 0 Å². The molecular formula is C12H21O2S+. The van der Waals surface area contributed by atoms with Gasteiger partial charge in [0.2, 0.25) is 0 Å². The van der Waals surface area contributed by atoms with Crippen molar-refractivity contribution in [3.05, 3.63) is 12.7 Å². The summed E-state index contributed by atoms with van der Waals surface area (Å²) in [6.45, 7) is 3.76. The molecule has 0 aliphatic heterocycles. The Kier molecular flexibility index (Phi) is 4.87. The number of hydrogen-bond acceptors (Lipinski definition) is 2. The molecule has 0 N–H and O–H groups in total. The molecule has 0 saturated heterocycles. The van der Waals surface area contributed by atoms with Crippen LogP contribution in [0.25, 0.3) is 0 Å². The number of hydrogen-bond donors (Lipinski definition) is 0. The van der Waals surface area contributed by atoms with Crippen LogP contribution in [0.2, 0.25) is 0 Å². The molecule has 0 aromatic rings. The number of carbonyl (C=O) groups is 1. The Hall–Kier alpha value is -0.280. The molecule has 15 heavy (non-hydrogen) atoms. The topological polar surface area (TPSA) is 26.3 Å². The highest BCUT2D eigenvalue weighted by molar-refractivity contribution is 7.96. The third kappa shape index (κ3) is 2.85. The van der Waals surface area contributed by atoms with Gasteiger partial charge >= 0.3 is 0 Å². The van der Waals surface area contributed by atoms with Gasteiger partial charge in [-0.15, -0.1) is 6.58 Å². The average molecular weight is 229 g/mol. The van der Waals surface area contributed by atoms with Crippen molar-refractivity contribution in [1.29, 1.82) is 0 Å². The standard InChI is InChI=1S/C12H21O2S/c1-5-10(14-2)12-9(13)7-6-8-11(12)15(3)4/h5,10-12H,1,6-8H2,2-4H3/q+1. The number of ether oxygens (including phenoxy) is 1. The highest BCUT2D eigenvalue weighted by atomic mass is 32.2. The first-order valence-electron chi connectivity index (χ1n) is 5.36. The van der Waals surface area contributed by atoms with Gasteiger partial charge in [-0.25, -0.2) is 0 Å². The van der Waals surface area contributed by atoms with Crippen LogP contribution in [0.1, 0.15) is 19.3 Å². The van der Waals surface area contributed by atoms with Crippen LogP contribution in [0.15, 0.2) is 12.7 Å². The normalized spacial score (nSPS) is 29.2. The van der Waals surface area contributed by atoms with Crippen LogP contribution in [-0.4, -0.2) is 36.8 Å². The molecule has 1 rings (SSSR count). The quantitative estimate of drug-likeness (QED) is 0.543. The molecule has 0 radical (unpaired) electrons. The lowest BCUT2D eigenvalue weighted by Crippen LogP contribution is -2.44. The summed E-state index contributed by atoms with van der Waals surface area (Å²) in [5.41, 5.74) is 0. The zero-order valence-electron chi connectivity index (χ0n) is 9.86. The molecule has 0 bridgehead atoms. The van der Waals surface area contributed by atoms with Crippen LogP contribution in [0.3, 0.4) is 0 Å². The average Bonchev–Trinajstić information content (AvgIpc) is 2.21. The minimum atomic E-state index is -0.0994. The summed E-state index contributed by atoms with van der Waals surface area (Å²) in [6, 6.07) is 0. The van der Waals surface area contributed by atoms with Crippen LogP contribution in [-0.2, 0) is 20.4 Å². The van der Waals surface area contributed by atoms with E-state index in [1.165, 1.54) is 0 Å². The Bertz CT molecular complexity index is 238. The van der Waals surface area contributed by atoms with Crippen molar-refractivity contribution in [2.24, 2.45) is 5.92 Å². The van der Waals surface area contributed by atoms with Crippen LogP contribution >= 0.6 is 0 Å². The van der Waals surface area contributed by atoms with Crippen LogP contribution in [0.5, 0.6) is 0 Å². The van der Waals surface area contributed by atoms with E-state index in [0.29, 0.717) is 17.5 Å². The van der Waals surface area contributed by atoms with Gasteiger partial charge in [-0.2, -0.15) is 0 Å². The summed E-state index contributed by atoms with van der Waals surface area (Å²) in [7, 11) is 1.94. The highest BCUT2D eigenvalue weighted by Crippen LogP contribution is 2.30. The fourth-order valence-corrected chi connectivity index (χ4v) is 3.88. The summed E-state index contributed by atoms with van der Waals surface area (Å²) in [5, 5.41) is 0.481. The fraction of sp³-hybridized carbons (Fsp3) is 0.750. The number of Topliss-reactive ketones (excluding diaryl/α,β-unsaturated/α-hetero) is 1. The van der Waals surface area contributed by atoms with E-state index in [1.807, 2.05) is 0 Å². The molecule has 0 aromatic carbocycles. The van der Waals surface area contributed by atoms with Gasteiger partial charge in [-0.3, -0.25) is 4.79 Å². The van der Waals surface area contributed by atoms with Gasteiger partial charge in [-0.1, -0.05) is 6.08 Å². The lowest BCUT2D eigenvalue weighted by atomic mass is 9.83. The van der Waals surface area contributed by atoms with Crippen molar-refractivity contribution in [3.8, 4) is 0 Å². The second-order valence-corrected chi connectivity index (χ2v) is 6.60. The van der Waals surface area contributed by atoms with E-state index in [2.05, 4.69) is 19.1 Å². The summed E-state index contributed by atoms with van der Waals surface area (Å²) < 4.78 is 5.36. The Morgan fingerprint density at radius 1 is 1.60 bits per heavy atom. The van der Waals surface area contributed by atoms with Crippen molar-refractivity contribution < 1.29 is 9.53 Å². The first-order chi connectivity index (χ1) is 7.11. The fourth-order valence-electron chi connectivity index (χ4n) is 2.34. The van der Waals surface area contributed by atoms with Crippen LogP contribution in [0.4, 0.5) is 0 Å². The molecule has 1 aliphatic rings. The van der Waals surface area contributed by atoms with E-state index in [9.17, 15) is 4.79 Å². The third-order valence-electron chi connectivity index (χ3n) is 3.15. The second kappa shape index (κ2) is 5.71. The van der Waals surface area contributed by atoms with Crippen molar-refractivity contribution in [2.75, 3.05) is 19.6 Å². The van der Waals surface area contributed by atoms with E-state index in [1.54, 1.807) is 13.2 Å². The number of rotatable bonds is 4. The molecule has 2 nitrogen and oxygen atoms in total. The van der Waals surface area contributed by atoms with E-state index in [4.69, 9.17) is 4.74 Å². The zero-order valence-corrected chi connectivity index (χ0v) is 10.7. The zero-order chi connectivity index (χ0) is 11.4. The molecule has 0 aromatic heterocycles. The second-order valence-electron chi connectivity index (χ2n) is 4.24. The molecule has 3 unspecified atom stereocenters. The monoisotopic (exact) mass is 229 g/mol. The highest BCUT2D eigenvalue weighted by Gasteiger charge is 2.43. The summed E-state index contributed by atoms with van der Waals surface area (Å²) in [5.74, 6) is 0.402. The summed E-state index contributed by atoms with van der Waals surface area (Å²) in [6.07, 6.45) is 9.01. The third-order valence-corrected chi connectivity index (χ3v) is 4.89.